The third-order valence-corrected chi connectivity index (χ3v) is 2.49. The molecule has 1 heterocycles. The highest BCUT2D eigenvalue weighted by Crippen LogP contribution is 2.39. The summed E-state index contributed by atoms with van der Waals surface area (Å²) in [5.41, 5.74) is 6.18. The van der Waals surface area contributed by atoms with Gasteiger partial charge in [0.25, 0.3) is 0 Å². The molecule has 2 rings (SSSR count). The second-order valence-corrected chi connectivity index (χ2v) is 3.80. The summed E-state index contributed by atoms with van der Waals surface area (Å²) < 4.78 is 0. The Morgan fingerprint density at radius 2 is 2.21 bits per heavy atom. The number of nitrogens with two attached hydrogens (primary N) is 1. The SMILES string of the molecule is CCNc1nc(C2CC2)nc(Cl)c1N. The van der Waals surface area contributed by atoms with Gasteiger partial charge in [-0.3, -0.25) is 0 Å². The van der Waals surface area contributed by atoms with Crippen molar-refractivity contribution in [1.29, 1.82) is 0 Å². The first kappa shape index (κ1) is 9.52. The van der Waals surface area contributed by atoms with Gasteiger partial charge in [-0.2, -0.15) is 0 Å². The fourth-order valence-corrected chi connectivity index (χ4v) is 1.46. The molecule has 5 heteroatoms. The van der Waals surface area contributed by atoms with Gasteiger partial charge in [-0.05, 0) is 19.8 Å². The molecule has 1 aromatic heterocycles. The molecule has 1 fully saturated rings. The molecule has 1 aliphatic rings. The van der Waals surface area contributed by atoms with Gasteiger partial charge in [0.05, 0.1) is 0 Å². The molecule has 1 aliphatic carbocycles. The minimum Gasteiger partial charge on any atom is -0.393 e. The van der Waals surface area contributed by atoms with Crippen LogP contribution >= 0.6 is 11.6 Å². The Labute approximate surface area is 87.9 Å². The molecule has 0 aromatic carbocycles. The average Bonchev–Trinajstić information content (AvgIpc) is 2.96. The van der Waals surface area contributed by atoms with Gasteiger partial charge in [0.2, 0.25) is 0 Å². The smallest absolute Gasteiger partial charge is 0.157 e. The van der Waals surface area contributed by atoms with Crippen LogP contribution in [0.4, 0.5) is 11.5 Å². The fourth-order valence-electron chi connectivity index (χ4n) is 1.28. The molecule has 0 amide bonds. The Bertz CT molecular complexity index is 349. The first-order valence-corrected chi connectivity index (χ1v) is 5.17. The summed E-state index contributed by atoms with van der Waals surface area (Å²) in [5, 5.41) is 3.44. The van der Waals surface area contributed by atoms with E-state index < -0.39 is 0 Å². The molecule has 0 atom stereocenters. The lowest BCUT2D eigenvalue weighted by Crippen LogP contribution is -2.07. The van der Waals surface area contributed by atoms with Gasteiger partial charge >= 0.3 is 0 Å². The van der Waals surface area contributed by atoms with Gasteiger partial charge in [-0.25, -0.2) is 9.97 Å². The zero-order valence-electron chi connectivity index (χ0n) is 8.05. The van der Waals surface area contributed by atoms with Crippen molar-refractivity contribution in [3.63, 3.8) is 0 Å². The van der Waals surface area contributed by atoms with Crippen molar-refractivity contribution in [3.05, 3.63) is 11.0 Å². The summed E-state index contributed by atoms with van der Waals surface area (Å²) in [7, 11) is 0. The Kier molecular flexibility index (Phi) is 2.46. The highest BCUT2D eigenvalue weighted by atomic mass is 35.5. The lowest BCUT2D eigenvalue weighted by atomic mass is 10.3. The van der Waals surface area contributed by atoms with E-state index in [2.05, 4.69) is 15.3 Å². The largest absolute Gasteiger partial charge is 0.393 e. The van der Waals surface area contributed by atoms with E-state index in [4.69, 9.17) is 17.3 Å². The topological polar surface area (TPSA) is 63.8 Å². The van der Waals surface area contributed by atoms with Crippen molar-refractivity contribution in [2.24, 2.45) is 0 Å². The van der Waals surface area contributed by atoms with Crippen LogP contribution in [0.25, 0.3) is 0 Å². The molecule has 1 aromatic rings. The fraction of sp³-hybridized carbons (Fsp3) is 0.556. The molecule has 1 saturated carbocycles. The van der Waals surface area contributed by atoms with Gasteiger partial charge < -0.3 is 11.1 Å². The number of nitrogens with one attached hydrogen (secondary N) is 1. The maximum absolute atomic E-state index is 5.91. The zero-order chi connectivity index (χ0) is 10.1. The van der Waals surface area contributed by atoms with Crippen LogP contribution in [0.3, 0.4) is 0 Å². The predicted octanol–water partition coefficient (Wildman–Crippen LogP) is 2.02. The molecule has 0 aliphatic heterocycles. The molecular weight excluding hydrogens is 200 g/mol. The van der Waals surface area contributed by atoms with Gasteiger partial charge in [-0.15, -0.1) is 0 Å². The molecule has 0 saturated heterocycles. The standard InChI is InChI=1S/C9H13ClN4/c1-2-12-9-6(11)7(10)13-8(14-9)5-3-4-5/h5H,2-4,11H2,1H3,(H,12,13,14). The second-order valence-electron chi connectivity index (χ2n) is 3.44. The Balaban J connectivity index is 2.35. The maximum atomic E-state index is 5.91. The number of halogens is 1. The van der Waals surface area contributed by atoms with Crippen molar-refractivity contribution >= 4 is 23.1 Å². The van der Waals surface area contributed by atoms with Crippen LogP contribution in [-0.4, -0.2) is 16.5 Å². The quantitative estimate of drug-likeness (QED) is 0.753. The molecule has 0 spiro atoms. The first-order chi connectivity index (χ1) is 6.72. The summed E-state index contributed by atoms with van der Waals surface area (Å²) in [6.07, 6.45) is 2.32. The van der Waals surface area contributed by atoms with Crippen molar-refractivity contribution in [3.8, 4) is 0 Å². The maximum Gasteiger partial charge on any atom is 0.157 e. The van der Waals surface area contributed by atoms with Crippen molar-refractivity contribution < 1.29 is 0 Å². The predicted molar refractivity (Wildman–Crippen MR) is 57.6 cm³/mol. The monoisotopic (exact) mass is 212 g/mol. The van der Waals surface area contributed by atoms with Crippen LogP contribution in [0.5, 0.6) is 0 Å². The van der Waals surface area contributed by atoms with E-state index in [0.717, 1.165) is 25.2 Å². The van der Waals surface area contributed by atoms with Crippen LogP contribution in [0.15, 0.2) is 0 Å². The van der Waals surface area contributed by atoms with Crippen molar-refractivity contribution in [2.75, 3.05) is 17.6 Å². The number of hydrogen-bond acceptors (Lipinski definition) is 4. The summed E-state index contributed by atoms with van der Waals surface area (Å²) in [5.74, 6) is 1.97. The van der Waals surface area contributed by atoms with Gasteiger partial charge in [0.1, 0.15) is 11.5 Å². The minimum absolute atomic E-state index is 0.359. The lowest BCUT2D eigenvalue weighted by Gasteiger charge is -2.08. The number of aromatic nitrogens is 2. The van der Waals surface area contributed by atoms with Crippen molar-refractivity contribution in [1.82, 2.24) is 9.97 Å². The lowest BCUT2D eigenvalue weighted by molar-refractivity contribution is 0.927. The number of anilines is 2. The molecule has 3 N–H and O–H groups in total. The normalized spacial score (nSPS) is 15.6. The Hall–Kier alpha value is -1.03. The van der Waals surface area contributed by atoms with Crippen LogP contribution in [0.1, 0.15) is 31.5 Å². The average molecular weight is 213 g/mol. The molecule has 0 unspecified atom stereocenters. The highest BCUT2D eigenvalue weighted by molar-refractivity contribution is 6.32. The summed E-state index contributed by atoms with van der Waals surface area (Å²) in [4.78, 5) is 8.52. The number of hydrogen-bond donors (Lipinski definition) is 2. The summed E-state index contributed by atoms with van der Waals surface area (Å²) in [6, 6.07) is 0. The number of nitrogens with zero attached hydrogens (tertiary/aromatic N) is 2. The van der Waals surface area contributed by atoms with E-state index in [0.29, 0.717) is 22.6 Å². The third kappa shape index (κ3) is 1.75. The number of rotatable bonds is 3. The molecular formula is C9H13ClN4. The van der Waals surface area contributed by atoms with Crippen LogP contribution < -0.4 is 11.1 Å². The Morgan fingerprint density at radius 1 is 1.50 bits per heavy atom. The van der Waals surface area contributed by atoms with E-state index in [9.17, 15) is 0 Å². The molecule has 0 bridgehead atoms. The molecule has 14 heavy (non-hydrogen) atoms. The van der Waals surface area contributed by atoms with Crippen LogP contribution in [0, 0.1) is 0 Å². The van der Waals surface area contributed by atoms with Crippen LogP contribution in [0.2, 0.25) is 5.15 Å². The van der Waals surface area contributed by atoms with Gasteiger partial charge in [-0.1, -0.05) is 11.6 Å². The van der Waals surface area contributed by atoms with Crippen LogP contribution in [-0.2, 0) is 0 Å². The minimum atomic E-state index is 0.359. The highest BCUT2D eigenvalue weighted by Gasteiger charge is 2.28. The van der Waals surface area contributed by atoms with E-state index in [1.807, 2.05) is 6.92 Å². The molecule has 4 nitrogen and oxygen atoms in total. The first-order valence-electron chi connectivity index (χ1n) is 4.79. The van der Waals surface area contributed by atoms with E-state index >= 15 is 0 Å². The van der Waals surface area contributed by atoms with E-state index in [-0.39, 0.29) is 0 Å². The number of nitrogen functional groups attached to an aromatic ring is 1. The summed E-state index contributed by atoms with van der Waals surface area (Å²) >= 11 is 5.91. The second kappa shape index (κ2) is 3.61. The van der Waals surface area contributed by atoms with Gasteiger partial charge in [0.15, 0.2) is 11.0 Å². The third-order valence-electron chi connectivity index (χ3n) is 2.20. The Morgan fingerprint density at radius 3 is 2.79 bits per heavy atom. The zero-order valence-corrected chi connectivity index (χ0v) is 8.80. The summed E-state index contributed by atoms with van der Waals surface area (Å²) in [6.45, 7) is 2.77. The van der Waals surface area contributed by atoms with Gasteiger partial charge in [0, 0.05) is 12.5 Å². The van der Waals surface area contributed by atoms with Crippen molar-refractivity contribution in [2.45, 2.75) is 25.7 Å². The van der Waals surface area contributed by atoms with E-state index in [1.165, 1.54) is 0 Å². The molecule has 76 valence electrons. The van der Waals surface area contributed by atoms with E-state index in [1.54, 1.807) is 0 Å². The molecule has 0 radical (unpaired) electrons.